The Labute approximate surface area is 124 Å². The maximum Gasteiger partial charge on any atom is 0.0110 e. The molecule has 3 fully saturated rings. The predicted octanol–water partition coefficient (Wildman–Crippen LogP) is 0.796. The van der Waals surface area contributed by atoms with E-state index in [0.29, 0.717) is 0 Å². The second-order valence-electron chi connectivity index (χ2n) is 6.78. The van der Waals surface area contributed by atoms with Gasteiger partial charge in [-0.2, -0.15) is 0 Å². The molecule has 3 rings (SSSR count). The smallest absolute Gasteiger partial charge is 0.0110 e. The first-order valence-electron chi connectivity index (χ1n) is 8.79. The molecule has 0 unspecified atom stereocenters. The lowest BCUT2D eigenvalue weighted by Gasteiger charge is -2.36. The highest BCUT2D eigenvalue weighted by Crippen LogP contribution is 2.09. The minimum atomic E-state index is 1.29. The van der Waals surface area contributed by atoms with Crippen LogP contribution in [0.25, 0.3) is 0 Å². The van der Waals surface area contributed by atoms with Crippen molar-refractivity contribution < 1.29 is 0 Å². The third-order valence-electron chi connectivity index (χ3n) is 5.33. The minimum Gasteiger partial charge on any atom is -0.302 e. The first kappa shape index (κ1) is 14.8. The lowest BCUT2D eigenvalue weighted by molar-refractivity contribution is 0.114. The summed E-state index contributed by atoms with van der Waals surface area (Å²) in [4.78, 5) is 10.6. The monoisotopic (exact) mass is 280 g/mol. The molecule has 0 saturated carbocycles. The molecule has 3 saturated heterocycles. The highest BCUT2D eigenvalue weighted by atomic mass is 15.3. The average Bonchev–Trinajstić information content (AvgIpc) is 3.17. The molecule has 0 bridgehead atoms. The fraction of sp³-hybridized carbons (Fsp3) is 1.00. The Morgan fingerprint density at radius 2 is 0.600 bits per heavy atom. The molecule has 0 spiro atoms. The van der Waals surface area contributed by atoms with Crippen LogP contribution in [0.1, 0.15) is 25.7 Å². The molecule has 0 aromatic heterocycles. The summed E-state index contributed by atoms with van der Waals surface area (Å²) in [5, 5.41) is 0. The van der Waals surface area contributed by atoms with E-state index in [0.717, 1.165) is 0 Å². The number of piperazine rings is 1. The summed E-state index contributed by atoms with van der Waals surface area (Å²) in [5.74, 6) is 0. The highest BCUT2D eigenvalue weighted by Gasteiger charge is 2.19. The van der Waals surface area contributed by atoms with Crippen LogP contribution >= 0.6 is 0 Å². The summed E-state index contributed by atoms with van der Waals surface area (Å²) in [6.07, 6.45) is 5.68. The van der Waals surface area contributed by atoms with Crippen molar-refractivity contribution in [3.8, 4) is 0 Å². The minimum absolute atomic E-state index is 1.29. The molecule has 20 heavy (non-hydrogen) atoms. The van der Waals surface area contributed by atoms with E-state index in [-0.39, 0.29) is 0 Å². The van der Waals surface area contributed by atoms with Crippen molar-refractivity contribution in [2.75, 3.05) is 78.5 Å². The van der Waals surface area contributed by atoms with Gasteiger partial charge in [-0.1, -0.05) is 0 Å². The molecule has 0 N–H and O–H groups in total. The van der Waals surface area contributed by atoms with Crippen molar-refractivity contribution in [2.45, 2.75) is 25.7 Å². The molecule has 0 aromatic carbocycles. The van der Waals surface area contributed by atoms with Crippen molar-refractivity contribution in [1.82, 2.24) is 19.6 Å². The van der Waals surface area contributed by atoms with Gasteiger partial charge in [-0.3, -0.25) is 9.80 Å². The summed E-state index contributed by atoms with van der Waals surface area (Å²) in [7, 11) is 0. The normalized spacial score (nSPS) is 27.6. The van der Waals surface area contributed by atoms with Crippen LogP contribution in [0.5, 0.6) is 0 Å². The first-order valence-corrected chi connectivity index (χ1v) is 8.79. The SMILES string of the molecule is C1CCN(CCN2CCN(CCN3CCCC3)CC2)C1. The van der Waals surface area contributed by atoms with E-state index in [1.54, 1.807) is 0 Å². The Balaban J connectivity index is 1.26. The Bertz CT molecular complexity index is 236. The zero-order valence-corrected chi connectivity index (χ0v) is 13.1. The molecule has 4 nitrogen and oxygen atoms in total. The fourth-order valence-electron chi connectivity index (χ4n) is 3.81. The lowest BCUT2D eigenvalue weighted by atomic mass is 10.3. The zero-order valence-electron chi connectivity index (χ0n) is 13.1. The highest BCUT2D eigenvalue weighted by molar-refractivity contribution is 4.76. The van der Waals surface area contributed by atoms with Crippen molar-refractivity contribution in [2.24, 2.45) is 0 Å². The third-order valence-corrected chi connectivity index (χ3v) is 5.33. The summed E-state index contributed by atoms with van der Waals surface area (Å²) in [5.41, 5.74) is 0. The van der Waals surface area contributed by atoms with E-state index in [4.69, 9.17) is 0 Å². The molecular weight excluding hydrogens is 248 g/mol. The van der Waals surface area contributed by atoms with Crippen LogP contribution in [0, 0.1) is 0 Å². The summed E-state index contributed by atoms with van der Waals surface area (Å²) in [6, 6.07) is 0. The maximum absolute atomic E-state index is 2.67. The van der Waals surface area contributed by atoms with Crippen LogP contribution in [0.4, 0.5) is 0 Å². The molecule has 3 aliphatic rings. The van der Waals surface area contributed by atoms with Gasteiger partial charge in [0, 0.05) is 52.4 Å². The topological polar surface area (TPSA) is 13.0 Å². The van der Waals surface area contributed by atoms with Crippen molar-refractivity contribution in [3.63, 3.8) is 0 Å². The van der Waals surface area contributed by atoms with E-state index in [1.807, 2.05) is 0 Å². The molecule has 0 atom stereocenters. The summed E-state index contributed by atoms with van der Waals surface area (Å²) in [6.45, 7) is 15.7. The van der Waals surface area contributed by atoms with Crippen LogP contribution in [-0.2, 0) is 0 Å². The van der Waals surface area contributed by atoms with E-state index in [1.165, 1.54) is 104 Å². The quantitative estimate of drug-likeness (QED) is 0.713. The zero-order chi connectivity index (χ0) is 13.6. The van der Waals surface area contributed by atoms with Crippen molar-refractivity contribution in [1.29, 1.82) is 0 Å². The molecule has 3 heterocycles. The predicted molar refractivity (Wildman–Crippen MR) is 84.2 cm³/mol. The number of likely N-dealkylation sites (tertiary alicyclic amines) is 2. The van der Waals surface area contributed by atoms with Gasteiger partial charge in [0.25, 0.3) is 0 Å². The van der Waals surface area contributed by atoms with Gasteiger partial charge in [-0.15, -0.1) is 0 Å². The number of nitrogens with zero attached hydrogens (tertiary/aromatic N) is 4. The molecule has 4 heteroatoms. The van der Waals surface area contributed by atoms with Crippen LogP contribution < -0.4 is 0 Å². The molecule has 116 valence electrons. The second-order valence-corrected chi connectivity index (χ2v) is 6.78. The number of rotatable bonds is 6. The van der Waals surface area contributed by atoms with Crippen LogP contribution in [-0.4, -0.2) is 98.1 Å². The molecule has 0 aliphatic carbocycles. The number of hydrogen-bond donors (Lipinski definition) is 0. The summed E-state index contributed by atoms with van der Waals surface area (Å²) < 4.78 is 0. The van der Waals surface area contributed by atoms with E-state index in [9.17, 15) is 0 Å². The van der Waals surface area contributed by atoms with E-state index >= 15 is 0 Å². The van der Waals surface area contributed by atoms with Gasteiger partial charge in [-0.25, -0.2) is 0 Å². The number of hydrogen-bond acceptors (Lipinski definition) is 4. The third kappa shape index (κ3) is 4.42. The van der Waals surface area contributed by atoms with Crippen LogP contribution in [0.2, 0.25) is 0 Å². The molecule has 3 aliphatic heterocycles. The Kier molecular flexibility index (Phi) is 5.71. The van der Waals surface area contributed by atoms with Gasteiger partial charge >= 0.3 is 0 Å². The van der Waals surface area contributed by atoms with Crippen molar-refractivity contribution >= 4 is 0 Å². The summed E-state index contributed by atoms with van der Waals surface area (Å²) >= 11 is 0. The second kappa shape index (κ2) is 7.74. The van der Waals surface area contributed by atoms with Gasteiger partial charge in [0.15, 0.2) is 0 Å². The largest absolute Gasteiger partial charge is 0.302 e. The van der Waals surface area contributed by atoms with Crippen LogP contribution in [0.3, 0.4) is 0 Å². The van der Waals surface area contributed by atoms with Gasteiger partial charge in [-0.05, 0) is 51.9 Å². The first-order chi connectivity index (χ1) is 9.90. The standard InChI is InChI=1S/C16H32N4/c1-2-6-17(5-1)9-11-19-13-15-20(16-14-19)12-10-18-7-3-4-8-18/h1-16H2. The molecule has 0 radical (unpaired) electrons. The Morgan fingerprint density at radius 1 is 0.350 bits per heavy atom. The average molecular weight is 280 g/mol. The fourth-order valence-corrected chi connectivity index (χ4v) is 3.81. The molecule has 0 amide bonds. The van der Waals surface area contributed by atoms with Gasteiger partial charge in [0.05, 0.1) is 0 Å². The maximum atomic E-state index is 2.67. The Hall–Kier alpha value is -0.160. The van der Waals surface area contributed by atoms with Crippen LogP contribution in [0.15, 0.2) is 0 Å². The van der Waals surface area contributed by atoms with Crippen molar-refractivity contribution in [3.05, 3.63) is 0 Å². The van der Waals surface area contributed by atoms with Gasteiger partial charge in [0.1, 0.15) is 0 Å². The van der Waals surface area contributed by atoms with E-state index in [2.05, 4.69) is 19.6 Å². The molecular formula is C16H32N4. The lowest BCUT2D eigenvalue weighted by Crippen LogP contribution is -2.49. The Morgan fingerprint density at radius 3 is 0.900 bits per heavy atom. The van der Waals surface area contributed by atoms with Gasteiger partial charge < -0.3 is 9.80 Å². The van der Waals surface area contributed by atoms with Gasteiger partial charge in [0.2, 0.25) is 0 Å². The molecule has 0 aromatic rings. The van der Waals surface area contributed by atoms with E-state index < -0.39 is 0 Å².